The van der Waals surface area contributed by atoms with Gasteiger partial charge in [-0.05, 0) is 29.8 Å². The Kier molecular flexibility index (Phi) is 7.02. The van der Waals surface area contributed by atoms with E-state index < -0.39 is 11.7 Å². The topological polar surface area (TPSA) is 71.1 Å². The van der Waals surface area contributed by atoms with Crippen molar-refractivity contribution in [3.63, 3.8) is 0 Å². The predicted octanol–water partition coefficient (Wildman–Crippen LogP) is 2.38. The van der Waals surface area contributed by atoms with Gasteiger partial charge in [-0.2, -0.15) is 0 Å². The smallest absolute Gasteiger partial charge is 0.227 e. The summed E-state index contributed by atoms with van der Waals surface area (Å²) in [6.07, 6.45) is 0.0743. The number of nitrogens with one attached hydrogen (secondary N) is 1. The van der Waals surface area contributed by atoms with Gasteiger partial charge in [0.25, 0.3) is 0 Å². The number of amides is 2. The molecule has 0 bridgehead atoms. The molecule has 2 atom stereocenters. The SMILES string of the molecule is COc1ccc(C(CNC(=O)C2CC(=O)N(c3ccccc3F)C2)N2CCOCC2)cc1. The summed E-state index contributed by atoms with van der Waals surface area (Å²) in [4.78, 5) is 29.0. The van der Waals surface area contributed by atoms with E-state index in [2.05, 4.69) is 10.2 Å². The summed E-state index contributed by atoms with van der Waals surface area (Å²) < 4.78 is 24.9. The van der Waals surface area contributed by atoms with Gasteiger partial charge in [-0.15, -0.1) is 0 Å². The van der Waals surface area contributed by atoms with Gasteiger partial charge in [0.1, 0.15) is 11.6 Å². The Hall–Kier alpha value is -2.97. The summed E-state index contributed by atoms with van der Waals surface area (Å²) in [6, 6.07) is 13.9. The highest BCUT2D eigenvalue weighted by Gasteiger charge is 2.36. The third kappa shape index (κ3) is 4.92. The van der Waals surface area contributed by atoms with E-state index in [4.69, 9.17) is 9.47 Å². The summed E-state index contributed by atoms with van der Waals surface area (Å²) >= 11 is 0. The minimum absolute atomic E-state index is 0.0199. The highest BCUT2D eigenvalue weighted by Crippen LogP contribution is 2.28. The molecular formula is C24H28FN3O4. The lowest BCUT2D eigenvalue weighted by Gasteiger charge is -2.35. The van der Waals surface area contributed by atoms with E-state index in [-0.39, 0.29) is 36.5 Å². The van der Waals surface area contributed by atoms with Gasteiger partial charge in [0, 0.05) is 32.6 Å². The van der Waals surface area contributed by atoms with Crippen molar-refractivity contribution in [3.8, 4) is 5.75 Å². The van der Waals surface area contributed by atoms with Crippen molar-refractivity contribution >= 4 is 17.5 Å². The number of hydrogen-bond donors (Lipinski definition) is 1. The molecule has 4 rings (SSSR count). The lowest BCUT2D eigenvalue weighted by molar-refractivity contribution is -0.126. The summed E-state index contributed by atoms with van der Waals surface area (Å²) in [5, 5.41) is 3.03. The second-order valence-electron chi connectivity index (χ2n) is 8.04. The number of rotatable bonds is 7. The van der Waals surface area contributed by atoms with Crippen molar-refractivity contribution in [1.29, 1.82) is 0 Å². The molecule has 7 nitrogen and oxygen atoms in total. The van der Waals surface area contributed by atoms with Crippen LogP contribution in [0, 0.1) is 11.7 Å². The lowest BCUT2D eigenvalue weighted by Crippen LogP contribution is -2.45. The van der Waals surface area contributed by atoms with Gasteiger partial charge in [0.05, 0.1) is 38.0 Å². The number of ether oxygens (including phenoxy) is 2. The Bertz CT molecular complexity index is 947. The highest BCUT2D eigenvalue weighted by atomic mass is 19.1. The van der Waals surface area contributed by atoms with Gasteiger partial charge in [-0.25, -0.2) is 4.39 Å². The Labute approximate surface area is 187 Å². The maximum absolute atomic E-state index is 14.1. The van der Waals surface area contributed by atoms with Gasteiger partial charge < -0.3 is 19.7 Å². The molecule has 2 aromatic rings. The fraction of sp³-hybridized carbons (Fsp3) is 0.417. The van der Waals surface area contributed by atoms with Crippen LogP contribution in [-0.2, 0) is 14.3 Å². The van der Waals surface area contributed by atoms with Crippen molar-refractivity contribution in [2.45, 2.75) is 12.5 Å². The Morgan fingerprint density at radius 3 is 2.59 bits per heavy atom. The summed E-state index contributed by atoms with van der Waals surface area (Å²) in [6.45, 7) is 3.43. The average Bonchev–Trinajstić information content (AvgIpc) is 3.22. The number of halogens is 1. The number of morpholine rings is 1. The largest absolute Gasteiger partial charge is 0.497 e. The minimum atomic E-state index is -0.511. The predicted molar refractivity (Wildman–Crippen MR) is 118 cm³/mol. The van der Waals surface area contributed by atoms with Crippen molar-refractivity contribution in [2.24, 2.45) is 5.92 Å². The third-order valence-electron chi connectivity index (χ3n) is 6.10. The first-order valence-corrected chi connectivity index (χ1v) is 10.8. The van der Waals surface area contributed by atoms with Gasteiger partial charge in [-0.1, -0.05) is 24.3 Å². The molecule has 2 amide bonds. The van der Waals surface area contributed by atoms with Crippen LogP contribution in [0.4, 0.5) is 10.1 Å². The molecule has 2 heterocycles. The number of nitrogens with zero attached hydrogens (tertiary/aromatic N) is 2. The first-order chi connectivity index (χ1) is 15.6. The van der Waals surface area contributed by atoms with Crippen molar-refractivity contribution in [2.75, 3.05) is 51.4 Å². The summed E-state index contributed by atoms with van der Waals surface area (Å²) in [7, 11) is 1.63. The van der Waals surface area contributed by atoms with Crippen molar-refractivity contribution in [1.82, 2.24) is 10.2 Å². The Morgan fingerprint density at radius 1 is 1.19 bits per heavy atom. The van der Waals surface area contributed by atoms with Crippen molar-refractivity contribution in [3.05, 3.63) is 59.9 Å². The van der Waals surface area contributed by atoms with E-state index >= 15 is 0 Å². The van der Waals surface area contributed by atoms with Crippen LogP contribution in [0.15, 0.2) is 48.5 Å². The zero-order valence-corrected chi connectivity index (χ0v) is 18.1. The van der Waals surface area contributed by atoms with Crippen LogP contribution in [0.25, 0.3) is 0 Å². The molecule has 2 aliphatic rings. The highest BCUT2D eigenvalue weighted by molar-refractivity contribution is 6.00. The summed E-state index contributed by atoms with van der Waals surface area (Å²) in [5.41, 5.74) is 1.29. The molecule has 0 radical (unpaired) electrons. The van der Waals surface area contributed by atoms with Gasteiger partial charge in [0.15, 0.2) is 0 Å². The van der Waals surface area contributed by atoms with Crippen LogP contribution in [0.5, 0.6) is 5.75 Å². The van der Waals surface area contributed by atoms with E-state index in [0.717, 1.165) is 24.4 Å². The first-order valence-electron chi connectivity index (χ1n) is 10.8. The number of hydrogen-bond acceptors (Lipinski definition) is 5. The van der Waals surface area contributed by atoms with Crippen LogP contribution in [0.1, 0.15) is 18.0 Å². The molecule has 0 saturated carbocycles. The minimum Gasteiger partial charge on any atom is -0.497 e. The van der Waals surface area contributed by atoms with Crippen LogP contribution >= 0.6 is 0 Å². The Balaban J connectivity index is 1.42. The maximum atomic E-state index is 14.1. The monoisotopic (exact) mass is 441 g/mol. The molecular weight excluding hydrogens is 413 g/mol. The first kappa shape index (κ1) is 22.2. The fourth-order valence-electron chi connectivity index (χ4n) is 4.30. The molecule has 8 heteroatoms. The number of methoxy groups -OCH3 is 1. The third-order valence-corrected chi connectivity index (χ3v) is 6.10. The number of para-hydroxylation sites is 1. The number of carbonyl (C=O) groups is 2. The maximum Gasteiger partial charge on any atom is 0.227 e. The molecule has 2 saturated heterocycles. The zero-order valence-electron chi connectivity index (χ0n) is 18.1. The molecule has 0 spiro atoms. The van der Waals surface area contributed by atoms with Crippen LogP contribution in [-0.4, -0.2) is 63.2 Å². The van der Waals surface area contributed by atoms with Gasteiger partial charge >= 0.3 is 0 Å². The average molecular weight is 442 g/mol. The molecule has 0 aromatic heterocycles. The van der Waals surface area contributed by atoms with Crippen LogP contribution < -0.4 is 15.0 Å². The van der Waals surface area contributed by atoms with Crippen LogP contribution in [0.2, 0.25) is 0 Å². The molecule has 2 aliphatic heterocycles. The molecule has 2 aromatic carbocycles. The quantitative estimate of drug-likeness (QED) is 0.715. The second kappa shape index (κ2) is 10.1. The normalized spacial score (nSPS) is 20.2. The number of benzene rings is 2. The molecule has 32 heavy (non-hydrogen) atoms. The van der Waals surface area contributed by atoms with E-state index in [1.54, 1.807) is 25.3 Å². The molecule has 1 N–H and O–H groups in total. The Morgan fingerprint density at radius 2 is 1.91 bits per heavy atom. The van der Waals surface area contributed by atoms with E-state index in [1.807, 2.05) is 24.3 Å². The van der Waals surface area contributed by atoms with Crippen molar-refractivity contribution < 1.29 is 23.5 Å². The van der Waals surface area contributed by atoms with E-state index in [1.165, 1.54) is 11.0 Å². The lowest BCUT2D eigenvalue weighted by atomic mass is 10.0. The van der Waals surface area contributed by atoms with Gasteiger partial charge in [0.2, 0.25) is 11.8 Å². The molecule has 2 unspecified atom stereocenters. The zero-order chi connectivity index (χ0) is 22.5. The molecule has 2 fully saturated rings. The van der Waals surface area contributed by atoms with E-state index in [0.29, 0.717) is 19.8 Å². The number of anilines is 1. The fourth-order valence-corrected chi connectivity index (χ4v) is 4.30. The van der Waals surface area contributed by atoms with E-state index in [9.17, 15) is 14.0 Å². The van der Waals surface area contributed by atoms with Crippen LogP contribution in [0.3, 0.4) is 0 Å². The number of carbonyl (C=O) groups excluding carboxylic acids is 2. The summed E-state index contributed by atoms with van der Waals surface area (Å²) in [5.74, 6) is -0.632. The second-order valence-corrected chi connectivity index (χ2v) is 8.04. The van der Waals surface area contributed by atoms with Gasteiger partial charge in [-0.3, -0.25) is 14.5 Å². The molecule has 170 valence electrons. The standard InChI is InChI=1S/C24H28FN3O4/c1-31-19-8-6-17(7-9-19)22(27-10-12-32-13-11-27)15-26-24(30)18-14-23(29)28(16-18)21-5-3-2-4-20(21)25/h2-9,18,22H,10-16H2,1H3,(H,26,30). The molecule has 0 aliphatic carbocycles.